The number of aryl methyl sites for hydroxylation is 1. The van der Waals surface area contributed by atoms with Gasteiger partial charge in [-0.15, -0.1) is 0 Å². The van der Waals surface area contributed by atoms with Gasteiger partial charge in [0.1, 0.15) is 11.6 Å². The van der Waals surface area contributed by atoms with Crippen LogP contribution in [0.3, 0.4) is 0 Å². The van der Waals surface area contributed by atoms with Crippen molar-refractivity contribution in [3.8, 4) is 0 Å². The Kier molecular flexibility index (Phi) is 4.32. The Morgan fingerprint density at radius 2 is 1.74 bits per heavy atom. The van der Waals surface area contributed by atoms with E-state index in [1.807, 2.05) is 31.2 Å². The summed E-state index contributed by atoms with van der Waals surface area (Å²) in [6, 6.07) is 9.45. The number of hydrogen-bond acceptors (Lipinski definition) is 1. The normalized spacial score (nSPS) is 12.5. The van der Waals surface area contributed by atoms with Gasteiger partial charge < -0.3 is 5.73 Å². The third-order valence-electron chi connectivity index (χ3n) is 3.12. The molecule has 0 amide bonds. The molecule has 100 valence electrons. The molecule has 0 aromatic heterocycles. The van der Waals surface area contributed by atoms with Gasteiger partial charge in [-0.2, -0.15) is 0 Å². The summed E-state index contributed by atoms with van der Waals surface area (Å²) in [7, 11) is 0. The Balaban J connectivity index is 2.31. The average molecular weight is 326 g/mol. The summed E-state index contributed by atoms with van der Waals surface area (Å²) >= 11 is 3.05. The summed E-state index contributed by atoms with van der Waals surface area (Å²) in [5.74, 6) is -1.24. The topological polar surface area (TPSA) is 26.0 Å². The Bertz CT molecular complexity index is 575. The van der Waals surface area contributed by atoms with Crippen LogP contribution in [-0.2, 0) is 6.42 Å². The molecule has 2 N–H and O–H groups in total. The highest BCUT2D eigenvalue weighted by Crippen LogP contribution is 2.26. The largest absolute Gasteiger partial charge is 0.323 e. The van der Waals surface area contributed by atoms with Crippen molar-refractivity contribution in [1.82, 2.24) is 0 Å². The molecule has 0 aliphatic rings. The van der Waals surface area contributed by atoms with E-state index in [2.05, 4.69) is 15.9 Å². The highest BCUT2D eigenvalue weighted by atomic mass is 79.9. The first-order valence-corrected chi connectivity index (χ1v) is 6.73. The number of benzene rings is 2. The predicted molar refractivity (Wildman–Crippen MR) is 75.9 cm³/mol. The van der Waals surface area contributed by atoms with Crippen LogP contribution < -0.4 is 5.73 Å². The second-order valence-corrected chi connectivity index (χ2v) is 5.44. The molecule has 0 saturated carbocycles. The first-order chi connectivity index (χ1) is 8.99. The molecule has 1 unspecified atom stereocenters. The minimum Gasteiger partial charge on any atom is -0.323 e. The van der Waals surface area contributed by atoms with E-state index >= 15 is 0 Å². The SMILES string of the molecule is Cc1ccccc1CC(N)c1c(F)cc(Br)cc1F. The van der Waals surface area contributed by atoms with Gasteiger partial charge in [0, 0.05) is 16.1 Å². The minimum atomic E-state index is -0.700. The molecule has 1 atom stereocenters. The number of hydrogen-bond donors (Lipinski definition) is 1. The summed E-state index contributed by atoms with van der Waals surface area (Å²) in [4.78, 5) is 0. The summed E-state index contributed by atoms with van der Waals surface area (Å²) in [5, 5.41) is 0. The van der Waals surface area contributed by atoms with Crippen molar-refractivity contribution in [2.45, 2.75) is 19.4 Å². The van der Waals surface area contributed by atoms with Gasteiger partial charge in [-0.1, -0.05) is 40.2 Å². The Morgan fingerprint density at radius 3 is 2.32 bits per heavy atom. The molecule has 0 heterocycles. The van der Waals surface area contributed by atoms with Crippen molar-refractivity contribution < 1.29 is 8.78 Å². The van der Waals surface area contributed by atoms with E-state index in [0.717, 1.165) is 11.1 Å². The van der Waals surface area contributed by atoms with E-state index < -0.39 is 17.7 Å². The molecular formula is C15H14BrF2N. The van der Waals surface area contributed by atoms with Crippen molar-refractivity contribution in [3.63, 3.8) is 0 Å². The van der Waals surface area contributed by atoms with Crippen molar-refractivity contribution in [3.05, 3.63) is 69.2 Å². The van der Waals surface area contributed by atoms with Crippen LogP contribution in [0, 0.1) is 18.6 Å². The Hall–Kier alpha value is -1.26. The maximum absolute atomic E-state index is 13.8. The van der Waals surface area contributed by atoms with Gasteiger partial charge in [-0.25, -0.2) is 8.78 Å². The molecule has 1 nitrogen and oxygen atoms in total. The Morgan fingerprint density at radius 1 is 1.16 bits per heavy atom. The molecular weight excluding hydrogens is 312 g/mol. The van der Waals surface area contributed by atoms with E-state index in [1.165, 1.54) is 12.1 Å². The average Bonchev–Trinajstić information content (AvgIpc) is 2.30. The fraction of sp³-hybridized carbons (Fsp3) is 0.200. The summed E-state index contributed by atoms with van der Waals surface area (Å²) in [6.45, 7) is 1.95. The van der Waals surface area contributed by atoms with Crippen molar-refractivity contribution in [2.75, 3.05) is 0 Å². The first-order valence-electron chi connectivity index (χ1n) is 5.93. The molecule has 2 aromatic rings. The lowest BCUT2D eigenvalue weighted by molar-refractivity contribution is 0.523. The van der Waals surface area contributed by atoms with E-state index in [4.69, 9.17) is 5.73 Å². The third-order valence-corrected chi connectivity index (χ3v) is 3.57. The molecule has 2 rings (SSSR count). The zero-order valence-electron chi connectivity index (χ0n) is 10.5. The van der Waals surface area contributed by atoms with Crippen molar-refractivity contribution in [2.24, 2.45) is 5.73 Å². The van der Waals surface area contributed by atoms with Crippen LogP contribution in [0.5, 0.6) is 0 Å². The monoisotopic (exact) mass is 325 g/mol. The maximum Gasteiger partial charge on any atom is 0.132 e. The van der Waals surface area contributed by atoms with Gasteiger partial charge in [0.25, 0.3) is 0 Å². The molecule has 0 bridgehead atoms. The summed E-state index contributed by atoms with van der Waals surface area (Å²) < 4.78 is 28.0. The molecule has 19 heavy (non-hydrogen) atoms. The molecule has 4 heteroatoms. The molecule has 0 aliphatic carbocycles. The van der Waals surface area contributed by atoms with Crippen LogP contribution in [0.1, 0.15) is 22.7 Å². The van der Waals surface area contributed by atoms with Gasteiger partial charge in [0.15, 0.2) is 0 Å². The van der Waals surface area contributed by atoms with E-state index in [1.54, 1.807) is 0 Å². The van der Waals surface area contributed by atoms with Gasteiger partial charge >= 0.3 is 0 Å². The number of halogens is 3. The van der Waals surface area contributed by atoms with Crippen LogP contribution in [0.15, 0.2) is 40.9 Å². The maximum atomic E-state index is 13.8. The molecule has 0 spiro atoms. The van der Waals surface area contributed by atoms with Crippen LogP contribution in [0.2, 0.25) is 0 Å². The van der Waals surface area contributed by atoms with Crippen LogP contribution in [0.25, 0.3) is 0 Å². The Labute approximate surface area is 119 Å². The van der Waals surface area contributed by atoms with Gasteiger partial charge in [-0.05, 0) is 36.6 Å². The zero-order valence-corrected chi connectivity index (χ0v) is 12.0. The lowest BCUT2D eigenvalue weighted by Crippen LogP contribution is -2.17. The van der Waals surface area contributed by atoms with E-state index in [9.17, 15) is 8.78 Å². The number of nitrogens with two attached hydrogens (primary N) is 1. The fourth-order valence-corrected chi connectivity index (χ4v) is 2.49. The number of rotatable bonds is 3. The van der Waals surface area contributed by atoms with Gasteiger partial charge in [-0.3, -0.25) is 0 Å². The quantitative estimate of drug-likeness (QED) is 0.895. The standard InChI is InChI=1S/C15H14BrF2N/c1-9-4-2-3-5-10(9)6-14(19)15-12(17)7-11(16)8-13(15)18/h2-5,7-8,14H,6,19H2,1H3. The van der Waals surface area contributed by atoms with E-state index in [-0.39, 0.29) is 5.56 Å². The van der Waals surface area contributed by atoms with Crippen LogP contribution in [0.4, 0.5) is 8.78 Å². The lowest BCUT2D eigenvalue weighted by Gasteiger charge is -2.15. The van der Waals surface area contributed by atoms with Gasteiger partial charge in [0.2, 0.25) is 0 Å². The van der Waals surface area contributed by atoms with Gasteiger partial charge in [0.05, 0.1) is 0 Å². The summed E-state index contributed by atoms with van der Waals surface area (Å²) in [5.41, 5.74) is 7.95. The second kappa shape index (κ2) is 5.80. The first kappa shape index (κ1) is 14.2. The predicted octanol–water partition coefficient (Wildman–Crippen LogP) is 4.28. The summed E-state index contributed by atoms with van der Waals surface area (Å²) in [6.07, 6.45) is 0.405. The third kappa shape index (κ3) is 3.19. The molecule has 0 saturated heterocycles. The molecule has 0 radical (unpaired) electrons. The smallest absolute Gasteiger partial charge is 0.132 e. The van der Waals surface area contributed by atoms with Crippen LogP contribution >= 0.6 is 15.9 Å². The molecule has 2 aromatic carbocycles. The minimum absolute atomic E-state index is 0.0635. The second-order valence-electron chi connectivity index (χ2n) is 4.52. The molecule has 0 aliphatic heterocycles. The van der Waals surface area contributed by atoms with Crippen molar-refractivity contribution in [1.29, 1.82) is 0 Å². The lowest BCUT2D eigenvalue weighted by atomic mass is 9.96. The van der Waals surface area contributed by atoms with Crippen molar-refractivity contribution >= 4 is 15.9 Å². The highest BCUT2D eigenvalue weighted by Gasteiger charge is 2.18. The van der Waals surface area contributed by atoms with Crippen LogP contribution in [-0.4, -0.2) is 0 Å². The molecule has 0 fully saturated rings. The fourth-order valence-electron chi connectivity index (χ4n) is 2.09. The highest BCUT2D eigenvalue weighted by molar-refractivity contribution is 9.10. The van der Waals surface area contributed by atoms with E-state index in [0.29, 0.717) is 10.9 Å². The zero-order chi connectivity index (χ0) is 14.0.